The molecule has 26 heavy (non-hydrogen) atoms. The lowest BCUT2D eigenvalue weighted by atomic mass is 10.1. The van der Waals surface area contributed by atoms with Gasteiger partial charge in [0, 0.05) is 11.7 Å². The average molecular weight is 387 g/mol. The molecule has 0 spiro atoms. The molecule has 136 valence electrons. The molecular formula is C19H22N4OS2. The lowest BCUT2D eigenvalue weighted by Gasteiger charge is -2.13. The highest BCUT2D eigenvalue weighted by molar-refractivity contribution is 7.99. The molecule has 0 bridgehead atoms. The fourth-order valence-electron chi connectivity index (χ4n) is 2.68. The molecule has 0 fully saturated rings. The number of rotatable bonds is 6. The highest BCUT2D eigenvalue weighted by Gasteiger charge is 2.18. The minimum absolute atomic E-state index is 0.0436. The number of hydrogen-bond acceptors (Lipinski definition) is 5. The van der Waals surface area contributed by atoms with E-state index in [1.165, 1.54) is 17.3 Å². The van der Waals surface area contributed by atoms with E-state index < -0.39 is 0 Å². The van der Waals surface area contributed by atoms with Gasteiger partial charge in [-0.25, -0.2) is 0 Å². The van der Waals surface area contributed by atoms with Crippen LogP contribution in [0, 0.1) is 13.8 Å². The molecule has 0 atom stereocenters. The van der Waals surface area contributed by atoms with Crippen molar-refractivity contribution in [3.63, 3.8) is 0 Å². The van der Waals surface area contributed by atoms with Gasteiger partial charge in [0.15, 0.2) is 11.0 Å². The van der Waals surface area contributed by atoms with Crippen molar-refractivity contribution in [3.8, 4) is 10.7 Å². The summed E-state index contributed by atoms with van der Waals surface area (Å²) in [4.78, 5) is 13.4. The number of carbonyl (C=O) groups excluding carboxylic acids is 1. The van der Waals surface area contributed by atoms with Gasteiger partial charge in [0.1, 0.15) is 0 Å². The van der Waals surface area contributed by atoms with Gasteiger partial charge in [-0.2, -0.15) is 0 Å². The van der Waals surface area contributed by atoms with E-state index in [1.807, 2.05) is 43.5 Å². The highest BCUT2D eigenvalue weighted by Crippen LogP contribution is 2.30. The summed E-state index contributed by atoms with van der Waals surface area (Å²) in [5.74, 6) is 1.10. The van der Waals surface area contributed by atoms with E-state index in [4.69, 9.17) is 0 Å². The van der Waals surface area contributed by atoms with E-state index in [2.05, 4.69) is 40.0 Å². The maximum Gasteiger partial charge on any atom is 0.234 e. The minimum atomic E-state index is -0.0436. The Bertz CT molecular complexity index is 900. The van der Waals surface area contributed by atoms with Crippen LogP contribution < -0.4 is 5.32 Å². The van der Waals surface area contributed by atoms with Gasteiger partial charge in [0.25, 0.3) is 0 Å². The van der Waals surface area contributed by atoms with Gasteiger partial charge in [-0.3, -0.25) is 9.36 Å². The molecule has 2 heterocycles. The molecule has 5 nitrogen and oxygen atoms in total. The number of benzene rings is 1. The first-order chi connectivity index (χ1) is 12.5. The van der Waals surface area contributed by atoms with Crippen LogP contribution in [0.1, 0.15) is 31.0 Å². The summed E-state index contributed by atoms with van der Waals surface area (Å²) in [5.41, 5.74) is 3.10. The smallest absolute Gasteiger partial charge is 0.234 e. The first kappa shape index (κ1) is 18.7. The van der Waals surface area contributed by atoms with E-state index in [-0.39, 0.29) is 11.9 Å². The zero-order chi connectivity index (χ0) is 18.7. The molecule has 3 rings (SSSR count). The van der Waals surface area contributed by atoms with Crippen molar-refractivity contribution in [2.24, 2.45) is 0 Å². The first-order valence-corrected chi connectivity index (χ1v) is 10.3. The van der Waals surface area contributed by atoms with Crippen LogP contribution in [-0.2, 0) is 4.79 Å². The van der Waals surface area contributed by atoms with Crippen LogP contribution in [0.4, 0.5) is 5.69 Å². The molecule has 0 saturated heterocycles. The zero-order valence-electron chi connectivity index (χ0n) is 15.3. The van der Waals surface area contributed by atoms with E-state index in [0.717, 1.165) is 27.1 Å². The molecule has 0 aliphatic carbocycles. The van der Waals surface area contributed by atoms with Gasteiger partial charge in [0.2, 0.25) is 5.91 Å². The Labute approximate surface area is 161 Å². The fraction of sp³-hybridized carbons (Fsp3) is 0.316. The van der Waals surface area contributed by atoms with Crippen molar-refractivity contribution < 1.29 is 4.79 Å². The quantitative estimate of drug-likeness (QED) is 0.610. The molecule has 1 amide bonds. The van der Waals surface area contributed by atoms with Crippen molar-refractivity contribution in [3.05, 3.63) is 46.8 Å². The summed E-state index contributed by atoms with van der Waals surface area (Å²) in [6, 6.07) is 10.3. The van der Waals surface area contributed by atoms with Gasteiger partial charge in [-0.1, -0.05) is 35.5 Å². The number of amides is 1. The SMILES string of the molecule is Cc1ccc(NC(=O)CSc2nnc(-c3cccs3)n2C(C)C)c(C)c1. The summed E-state index contributed by atoms with van der Waals surface area (Å²) in [7, 11) is 0. The predicted molar refractivity (Wildman–Crippen MR) is 109 cm³/mol. The third kappa shape index (κ3) is 4.16. The molecule has 7 heteroatoms. The zero-order valence-corrected chi connectivity index (χ0v) is 16.9. The van der Waals surface area contributed by atoms with Crippen LogP contribution in [-0.4, -0.2) is 26.4 Å². The molecular weight excluding hydrogens is 364 g/mol. The normalized spacial score (nSPS) is 11.1. The van der Waals surface area contributed by atoms with Gasteiger partial charge in [0.05, 0.1) is 10.6 Å². The summed E-state index contributed by atoms with van der Waals surface area (Å²) < 4.78 is 2.08. The number of aryl methyl sites for hydroxylation is 2. The molecule has 3 aromatic rings. The Morgan fingerprint density at radius 1 is 1.27 bits per heavy atom. The maximum absolute atomic E-state index is 12.4. The second-order valence-corrected chi connectivity index (χ2v) is 8.29. The summed E-state index contributed by atoms with van der Waals surface area (Å²) in [6.07, 6.45) is 0. The van der Waals surface area contributed by atoms with Gasteiger partial charge in [-0.05, 0) is 50.8 Å². The molecule has 0 aliphatic heterocycles. The number of nitrogens with one attached hydrogen (secondary N) is 1. The van der Waals surface area contributed by atoms with Gasteiger partial charge >= 0.3 is 0 Å². The molecule has 0 unspecified atom stereocenters. The molecule has 1 aromatic carbocycles. The van der Waals surface area contributed by atoms with Crippen molar-refractivity contribution >= 4 is 34.7 Å². The number of aromatic nitrogens is 3. The molecule has 0 saturated carbocycles. The number of thiophene rings is 1. The van der Waals surface area contributed by atoms with Crippen LogP contribution in [0.15, 0.2) is 40.9 Å². The Morgan fingerprint density at radius 3 is 2.73 bits per heavy atom. The van der Waals surface area contributed by atoms with Crippen LogP contribution in [0.25, 0.3) is 10.7 Å². The highest BCUT2D eigenvalue weighted by atomic mass is 32.2. The number of carbonyl (C=O) groups is 1. The Hall–Kier alpha value is -2.12. The second-order valence-electron chi connectivity index (χ2n) is 6.40. The topological polar surface area (TPSA) is 59.8 Å². The lowest BCUT2D eigenvalue weighted by molar-refractivity contribution is -0.113. The van der Waals surface area contributed by atoms with Crippen molar-refractivity contribution in [1.82, 2.24) is 14.8 Å². The number of anilines is 1. The third-order valence-electron chi connectivity index (χ3n) is 3.91. The Kier molecular flexibility index (Phi) is 5.78. The lowest BCUT2D eigenvalue weighted by Crippen LogP contribution is -2.15. The van der Waals surface area contributed by atoms with E-state index in [9.17, 15) is 4.79 Å². The van der Waals surface area contributed by atoms with Crippen LogP contribution in [0.5, 0.6) is 0 Å². The molecule has 1 N–H and O–H groups in total. The fourth-order valence-corrected chi connectivity index (χ4v) is 4.26. The number of hydrogen-bond donors (Lipinski definition) is 1. The second kappa shape index (κ2) is 8.05. The largest absolute Gasteiger partial charge is 0.325 e. The molecule has 0 radical (unpaired) electrons. The Morgan fingerprint density at radius 2 is 2.08 bits per heavy atom. The predicted octanol–water partition coefficient (Wildman–Crippen LogP) is 4.94. The van der Waals surface area contributed by atoms with Gasteiger partial charge < -0.3 is 5.32 Å². The van der Waals surface area contributed by atoms with Crippen molar-refractivity contribution in [2.45, 2.75) is 38.9 Å². The molecule has 2 aromatic heterocycles. The van der Waals surface area contributed by atoms with E-state index in [1.54, 1.807) is 11.3 Å². The van der Waals surface area contributed by atoms with Crippen LogP contribution in [0.3, 0.4) is 0 Å². The Balaban J connectivity index is 1.70. The van der Waals surface area contributed by atoms with Crippen LogP contribution >= 0.6 is 23.1 Å². The monoisotopic (exact) mass is 386 g/mol. The van der Waals surface area contributed by atoms with Gasteiger partial charge in [-0.15, -0.1) is 21.5 Å². The van der Waals surface area contributed by atoms with Crippen molar-refractivity contribution in [1.29, 1.82) is 0 Å². The number of nitrogens with zero attached hydrogens (tertiary/aromatic N) is 3. The van der Waals surface area contributed by atoms with E-state index in [0.29, 0.717) is 5.75 Å². The molecule has 0 aliphatic rings. The standard InChI is InChI=1S/C19H22N4OS2/c1-12(2)23-18(16-6-5-9-25-16)21-22-19(23)26-11-17(24)20-15-8-7-13(3)10-14(15)4/h5-10,12H,11H2,1-4H3,(H,20,24). The van der Waals surface area contributed by atoms with Crippen molar-refractivity contribution in [2.75, 3.05) is 11.1 Å². The van der Waals surface area contributed by atoms with E-state index >= 15 is 0 Å². The third-order valence-corrected chi connectivity index (χ3v) is 5.72. The summed E-state index contributed by atoms with van der Waals surface area (Å²) >= 11 is 3.05. The number of thioether (sulfide) groups is 1. The first-order valence-electron chi connectivity index (χ1n) is 8.44. The summed E-state index contributed by atoms with van der Waals surface area (Å²) in [5, 5.41) is 14.4. The average Bonchev–Trinajstić information content (AvgIpc) is 3.24. The maximum atomic E-state index is 12.4. The minimum Gasteiger partial charge on any atom is -0.325 e. The van der Waals surface area contributed by atoms with Crippen LogP contribution in [0.2, 0.25) is 0 Å². The summed E-state index contributed by atoms with van der Waals surface area (Å²) in [6.45, 7) is 8.23.